The van der Waals surface area contributed by atoms with E-state index in [1.165, 1.54) is 28.1 Å². The second kappa shape index (κ2) is 6.05. The van der Waals surface area contributed by atoms with E-state index in [9.17, 15) is 0 Å². The van der Waals surface area contributed by atoms with Crippen molar-refractivity contribution < 1.29 is 0 Å². The van der Waals surface area contributed by atoms with E-state index in [4.69, 9.17) is 0 Å². The first-order valence-corrected chi connectivity index (χ1v) is 8.35. The Bertz CT molecular complexity index is 787. The Labute approximate surface area is 137 Å². The molecular weight excluding hydrogens is 280 g/mol. The fraction of sp³-hybridized carbons (Fsp3) is 0.238. The highest BCUT2D eigenvalue weighted by Crippen LogP contribution is 2.33. The predicted molar refractivity (Wildman–Crippen MR) is 95.5 cm³/mol. The smallest absolute Gasteiger partial charge is 0.0489 e. The first kappa shape index (κ1) is 14.3. The van der Waals surface area contributed by atoms with Crippen molar-refractivity contribution in [3.05, 3.63) is 83.6 Å². The quantitative estimate of drug-likeness (QED) is 0.758. The standard InChI is InChI=1S/C21H22N2/c1-16-13-22-14-19-12-20(18-10-6-3-7-11-18)23(21(16)19)15-17-8-4-2-5-9-17/h2-12,16,22H,13-15H2,1H3. The van der Waals surface area contributed by atoms with Crippen molar-refractivity contribution in [1.29, 1.82) is 0 Å². The molecule has 1 atom stereocenters. The van der Waals surface area contributed by atoms with E-state index in [2.05, 4.69) is 83.5 Å². The molecule has 0 spiro atoms. The summed E-state index contributed by atoms with van der Waals surface area (Å²) in [7, 11) is 0. The van der Waals surface area contributed by atoms with Gasteiger partial charge in [-0.05, 0) is 22.8 Å². The predicted octanol–water partition coefficient (Wildman–Crippen LogP) is 4.41. The van der Waals surface area contributed by atoms with Gasteiger partial charge in [-0.2, -0.15) is 0 Å². The molecule has 0 amide bonds. The molecule has 0 saturated heterocycles. The van der Waals surface area contributed by atoms with Crippen LogP contribution in [0.1, 0.15) is 29.7 Å². The normalized spacial score (nSPS) is 17.0. The highest BCUT2D eigenvalue weighted by Gasteiger charge is 2.23. The number of nitrogens with zero attached hydrogens (tertiary/aromatic N) is 1. The highest BCUT2D eigenvalue weighted by atomic mass is 15.0. The van der Waals surface area contributed by atoms with Gasteiger partial charge in [-0.15, -0.1) is 0 Å². The van der Waals surface area contributed by atoms with E-state index in [0.717, 1.165) is 19.6 Å². The van der Waals surface area contributed by atoms with E-state index >= 15 is 0 Å². The summed E-state index contributed by atoms with van der Waals surface area (Å²) in [5.41, 5.74) is 6.92. The molecule has 0 bridgehead atoms. The maximum atomic E-state index is 3.53. The topological polar surface area (TPSA) is 17.0 Å². The summed E-state index contributed by atoms with van der Waals surface area (Å²) in [5, 5.41) is 3.53. The minimum Gasteiger partial charge on any atom is -0.340 e. The van der Waals surface area contributed by atoms with Gasteiger partial charge in [-0.25, -0.2) is 0 Å². The molecule has 1 aliphatic heterocycles. The Morgan fingerprint density at radius 3 is 2.43 bits per heavy atom. The molecule has 2 nitrogen and oxygen atoms in total. The van der Waals surface area contributed by atoms with E-state index in [-0.39, 0.29) is 0 Å². The number of rotatable bonds is 3. The highest BCUT2D eigenvalue weighted by molar-refractivity contribution is 5.63. The van der Waals surface area contributed by atoms with Gasteiger partial charge in [0.2, 0.25) is 0 Å². The second-order valence-electron chi connectivity index (χ2n) is 6.41. The van der Waals surface area contributed by atoms with Gasteiger partial charge in [0, 0.05) is 36.9 Å². The third kappa shape index (κ3) is 2.71. The lowest BCUT2D eigenvalue weighted by Crippen LogP contribution is -2.28. The summed E-state index contributed by atoms with van der Waals surface area (Å²) in [6.07, 6.45) is 0. The number of hydrogen-bond acceptors (Lipinski definition) is 1. The molecule has 1 aliphatic rings. The fourth-order valence-electron chi connectivity index (χ4n) is 3.65. The third-order valence-corrected chi connectivity index (χ3v) is 4.71. The maximum absolute atomic E-state index is 3.53. The Morgan fingerprint density at radius 1 is 1.00 bits per heavy atom. The average molecular weight is 302 g/mol. The summed E-state index contributed by atoms with van der Waals surface area (Å²) < 4.78 is 2.52. The molecule has 3 aromatic rings. The van der Waals surface area contributed by atoms with Crippen LogP contribution < -0.4 is 5.32 Å². The van der Waals surface area contributed by atoms with Gasteiger partial charge in [-0.1, -0.05) is 67.6 Å². The Kier molecular flexibility index (Phi) is 3.76. The summed E-state index contributed by atoms with van der Waals surface area (Å²) in [6, 6.07) is 23.9. The van der Waals surface area contributed by atoms with Crippen LogP contribution in [0.3, 0.4) is 0 Å². The summed E-state index contributed by atoms with van der Waals surface area (Å²) in [4.78, 5) is 0. The second-order valence-corrected chi connectivity index (χ2v) is 6.41. The lowest BCUT2D eigenvalue weighted by atomic mass is 10.00. The molecule has 116 valence electrons. The van der Waals surface area contributed by atoms with Crippen molar-refractivity contribution in [3.63, 3.8) is 0 Å². The first-order valence-electron chi connectivity index (χ1n) is 8.35. The van der Waals surface area contributed by atoms with E-state index in [0.29, 0.717) is 5.92 Å². The van der Waals surface area contributed by atoms with Crippen molar-refractivity contribution in [3.8, 4) is 11.3 Å². The minimum absolute atomic E-state index is 0.542. The van der Waals surface area contributed by atoms with Gasteiger partial charge in [0.15, 0.2) is 0 Å². The minimum atomic E-state index is 0.542. The SMILES string of the molecule is CC1CNCc2cc(-c3ccccc3)n(Cc3ccccc3)c21. The van der Waals surface area contributed by atoms with E-state index in [1.54, 1.807) is 0 Å². The first-order chi connectivity index (χ1) is 11.3. The van der Waals surface area contributed by atoms with Crippen LogP contribution in [-0.4, -0.2) is 11.1 Å². The molecule has 4 rings (SSSR count). The fourth-order valence-corrected chi connectivity index (χ4v) is 3.65. The zero-order chi connectivity index (χ0) is 15.6. The summed E-state index contributed by atoms with van der Waals surface area (Å²) in [5.74, 6) is 0.542. The molecule has 23 heavy (non-hydrogen) atoms. The van der Waals surface area contributed by atoms with Gasteiger partial charge in [0.25, 0.3) is 0 Å². The van der Waals surface area contributed by atoms with Crippen LogP contribution in [-0.2, 0) is 13.1 Å². The Morgan fingerprint density at radius 2 is 1.70 bits per heavy atom. The third-order valence-electron chi connectivity index (χ3n) is 4.71. The largest absolute Gasteiger partial charge is 0.340 e. The summed E-state index contributed by atoms with van der Waals surface area (Å²) in [6.45, 7) is 5.29. The van der Waals surface area contributed by atoms with Crippen molar-refractivity contribution in [1.82, 2.24) is 9.88 Å². The van der Waals surface area contributed by atoms with Crippen molar-refractivity contribution in [2.24, 2.45) is 0 Å². The van der Waals surface area contributed by atoms with Crippen LogP contribution in [0.5, 0.6) is 0 Å². The van der Waals surface area contributed by atoms with Crippen LogP contribution in [0.2, 0.25) is 0 Å². The Balaban J connectivity index is 1.85. The van der Waals surface area contributed by atoms with Gasteiger partial charge in [-0.3, -0.25) is 0 Å². The van der Waals surface area contributed by atoms with Gasteiger partial charge >= 0.3 is 0 Å². The Hall–Kier alpha value is -2.32. The number of nitrogens with one attached hydrogen (secondary N) is 1. The number of fused-ring (bicyclic) bond motifs is 1. The summed E-state index contributed by atoms with van der Waals surface area (Å²) >= 11 is 0. The monoisotopic (exact) mass is 302 g/mol. The van der Waals surface area contributed by atoms with E-state index in [1.807, 2.05) is 0 Å². The zero-order valence-electron chi connectivity index (χ0n) is 13.5. The lowest BCUT2D eigenvalue weighted by molar-refractivity contribution is 0.537. The van der Waals surface area contributed by atoms with Crippen molar-refractivity contribution >= 4 is 0 Å². The molecule has 1 unspecified atom stereocenters. The van der Waals surface area contributed by atoms with Crippen LogP contribution in [0.25, 0.3) is 11.3 Å². The molecule has 0 saturated carbocycles. The molecular formula is C21H22N2. The molecule has 0 fully saturated rings. The van der Waals surface area contributed by atoms with Gasteiger partial charge < -0.3 is 9.88 Å². The molecule has 1 N–H and O–H groups in total. The molecule has 0 aliphatic carbocycles. The molecule has 2 aromatic carbocycles. The van der Waals surface area contributed by atoms with E-state index < -0.39 is 0 Å². The van der Waals surface area contributed by atoms with Crippen LogP contribution in [0.4, 0.5) is 0 Å². The molecule has 0 radical (unpaired) electrons. The molecule has 2 heterocycles. The number of hydrogen-bond donors (Lipinski definition) is 1. The average Bonchev–Trinajstić information content (AvgIpc) is 2.96. The lowest BCUT2D eigenvalue weighted by Gasteiger charge is -2.24. The molecule has 1 aromatic heterocycles. The number of aromatic nitrogens is 1. The number of benzene rings is 2. The van der Waals surface area contributed by atoms with Crippen molar-refractivity contribution in [2.75, 3.05) is 6.54 Å². The van der Waals surface area contributed by atoms with Crippen LogP contribution >= 0.6 is 0 Å². The van der Waals surface area contributed by atoms with Gasteiger partial charge in [0.1, 0.15) is 0 Å². The van der Waals surface area contributed by atoms with Crippen LogP contribution in [0.15, 0.2) is 66.7 Å². The van der Waals surface area contributed by atoms with Gasteiger partial charge in [0.05, 0.1) is 0 Å². The maximum Gasteiger partial charge on any atom is 0.0489 e. The van der Waals surface area contributed by atoms with Crippen LogP contribution in [0, 0.1) is 0 Å². The molecule has 2 heteroatoms. The van der Waals surface area contributed by atoms with Crippen molar-refractivity contribution in [2.45, 2.75) is 25.9 Å². The zero-order valence-corrected chi connectivity index (χ0v) is 13.5.